The van der Waals surface area contributed by atoms with Crippen LogP contribution in [0.3, 0.4) is 0 Å². The molecule has 4 aliphatic rings. The Hall–Kier alpha value is -0.440. The molecule has 12 atom stereocenters. The quantitative estimate of drug-likeness (QED) is 0.220. The fraction of sp³-hybridized carbons (Fsp3) is 1.00. The highest BCUT2D eigenvalue weighted by molar-refractivity contribution is 5.15. The average Bonchev–Trinajstić information content (AvgIpc) is 3.21. The molecule has 0 aromatic carbocycles. The average molecular weight is 465 g/mol. The van der Waals surface area contributed by atoms with Crippen molar-refractivity contribution in [3.63, 3.8) is 0 Å². The van der Waals surface area contributed by atoms with E-state index in [1.54, 1.807) is 0 Å². The Balaban J connectivity index is 1.41. The van der Waals surface area contributed by atoms with Gasteiger partial charge in [0.2, 0.25) is 0 Å². The maximum Gasteiger partial charge on any atom is 0.186 e. The Morgan fingerprint density at radius 1 is 0.938 bits per heavy atom. The van der Waals surface area contributed by atoms with Gasteiger partial charge in [-0.1, -0.05) is 20.8 Å². The van der Waals surface area contributed by atoms with Gasteiger partial charge in [-0.25, -0.2) is 0 Å². The molecule has 0 spiro atoms. The van der Waals surface area contributed by atoms with Crippen LogP contribution in [0.5, 0.6) is 0 Å². The molecule has 0 aromatic rings. The maximum absolute atomic E-state index is 10.7. The van der Waals surface area contributed by atoms with Crippen molar-refractivity contribution in [2.24, 2.45) is 16.7 Å². The van der Waals surface area contributed by atoms with E-state index in [1.807, 2.05) is 6.92 Å². The van der Waals surface area contributed by atoms with Crippen LogP contribution in [0.2, 0.25) is 0 Å². The van der Waals surface area contributed by atoms with Crippen LogP contribution in [0.25, 0.3) is 0 Å². The highest BCUT2D eigenvalue weighted by Gasteiger charge is 2.67. The van der Waals surface area contributed by atoms with E-state index in [-0.39, 0.29) is 24.5 Å². The molecule has 4 fully saturated rings. The summed E-state index contributed by atoms with van der Waals surface area (Å²) in [4.78, 5) is 0. The second-order valence-corrected chi connectivity index (χ2v) is 10.5. The number of hydrogen-bond donors (Lipinski definition) is 7. The third-order valence-corrected chi connectivity index (χ3v) is 8.75. The number of fused-ring (bicyclic) bond motifs is 2. The second-order valence-electron chi connectivity index (χ2n) is 10.5. The van der Waals surface area contributed by atoms with Crippen molar-refractivity contribution in [3.8, 4) is 0 Å². The Morgan fingerprint density at radius 2 is 1.62 bits per heavy atom. The number of ether oxygens (including phenoxy) is 4. The molecule has 2 bridgehead atoms. The lowest BCUT2D eigenvalue weighted by Crippen LogP contribution is -2.61. The molecule has 186 valence electrons. The van der Waals surface area contributed by atoms with E-state index in [2.05, 4.69) is 13.8 Å². The Bertz CT molecular complexity index is 691. The summed E-state index contributed by atoms with van der Waals surface area (Å²) in [6.45, 7) is 4.73. The lowest BCUT2D eigenvalue weighted by Gasteiger charge is -2.46. The van der Waals surface area contributed by atoms with Crippen molar-refractivity contribution in [3.05, 3.63) is 0 Å². The topological polar surface area (TPSA) is 179 Å². The molecule has 0 aromatic heterocycles. The van der Waals surface area contributed by atoms with E-state index >= 15 is 0 Å². The highest BCUT2D eigenvalue weighted by Crippen LogP contribution is 2.66. The smallest absolute Gasteiger partial charge is 0.186 e. The molecule has 0 radical (unpaired) electrons. The van der Waals surface area contributed by atoms with Crippen LogP contribution in [-0.4, -0.2) is 116 Å². The van der Waals surface area contributed by atoms with Crippen LogP contribution < -0.4 is 0 Å². The minimum absolute atomic E-state index is 0.184. The standard InChI is InChI=1S/C21H36O11/c1-19(2)9-4-11(23)20(19,3)12(5-9)32-17-15(26)14(25)13(24)10(31-17)6-29-18-16(27)21(28,7-22)8-30-18/h9-18,22-28H,4-8H2,1-3H3/t9?,10-,11+,12-,13-,14+,15-,16+,17+,18-,20?,21-/m1/s1. The van der Waals surface area contributed by atoms with Gasteiger partial charge < -0.3 is 54.7 Å². The van der Waals surface area contributed by atoms with E-state index in [0.29, 0.717) is 12.8 Å². The van der Waals surface area contributed by atoms with Crippen molar-refractivity contribution in [1.29, 1.82) is 0 Å². The van der Waals surface area contributed by atoms with Gasteiger partial charge >= 0.3 is 0 Å². The molecule has 4 rings (SSSR count). The van der Waals surface area contributed by atoms with E-state index in [0.717, 1.165) is 0 Å². The molecular formula is C21H36O11. The van der Waals surface area contributed by atoms with Crippen LogP contribution in [-0.2, 0) is 18.9 Å². The number of rotatable bonds is 6. The first-order valence-electron chi connectivity index (χ1n) is 11.1. The zero-order valence-corrected chi connectivity index (χ0v) is 18.6. The molecule has 2 aliphatic carbocycles. The van der Waals surface area contributed by atoms with Gasteiger partial charge in [0.25, 0.3) is 0 Å². The molecule has 2 heterocycles. The molecule has 0 amide bonds. The van der Waals surface area contributed by atoms with Crippen LogP contribution in [0.15, 0.2) is 0 Å². The van der Waals surface area contributed by atoms with Crippen LogP contribution >= 0.6 is 0 Å². The van der Waals surface area contributed by atoms with Gasteiger partial charge in [-0.2, -0.15) is 0 Å². The molecule has 2 saturated carbocycles. The van der Waals surface area contributed by atoms with Gasteiger partial charge in [0.1, 0.15) is 36.1 Å². The van der Waals surface area contributed by atoms with Crippen molar-refractivity contribution >= 4 is 0 Å². The monoisotopic (exact) mass is 464 g/mol. The van der Waals surface area contributed by atoms with Crippen LogP contribution in [0.1, 0.15) is 33.6 Å². The first-order chi connectivity index (χ1) is 14.9. The summed E-state index contributed by atoms with van der Waals surface area (Å²) in [7, 11) is 0. The molecule has 2 aliphatic heterocycles. The zero-order chi connectivity index (χ0) is 23.6. The van der Waals surface area contributed by atoms with Gasteiger partial charge in [-0.3, -0.25) is 0 Å². The molecule has 2 unspecified atom stereocenters. The summed E-state index contributed by atoms with van der Waals surface area (Å²) in [5.41, 5.74) is -2.61. The fourth-order valence-electron chi connectivity index (χ4n) is 5.85. The summed E-state index contributed by atoms with van der Waals surface area (Å²) in [5, 5.41) is 71.2. The van der Waals surface area contributed by atoms with E-state index < -0.39 is 72.9 Å². The highest BCUT2D eigenvalue weighted by atomic mass is 16.7. The SMILES string of the molecule is CC1(C)C2C[C@H](O)C1(C)[C@H](O[C@@H]1O[C@H](CO[C@@H]3OC[C@](O)(CO)[C@H]3O)[C@@H](O)[C@H](O)[C@H]1O)C2. The van der Waals surface area contributed by atoms with E-state index in [4.69, 9.17) is 18.9 Å². The summed E-state index contributed by atoms with van der Waals surface area (Å²) in [5.74, 6) is 0.245. The van der Waals surface area contributed by atoms with E-state index in [9.17, 15) is 35.7 Å². The third kappa shape index (κ3) is 3.54. The van der Waals surface area contributed by atoms with Crippen molar-refractivity contribution in [2.75, 3.05) is 19.8 Å². The first-order valence-corrected chi connectivity index (χ1v) is 11.1. The van der Waals surface area contributed by atoms with Gasteiger partial charge in [-0.05, 0) is 24.2 Å². The Kier molecular flexibility index (Phi) is 6.44. The van der Waals surface area contributed by atoms with Gasteiger partial charge in [0, 0.05) is 5.41 Å². The van der Waals surface area contributed by atoms with Gasteiger partial charge in [-0.15, -0.1) is 0 Å². The molecular weight excluding hydrogens is 428 g/mol. The summed E-state index contributed by atoms with van der Waals surface area (Å²) in [6, 6.07) is 0. The first kappa shape index (κ1) is 24.7. The van der Waals surface area contributed by atoms with Gasteiger partial charge in [0.15, 0.2) is 12.6 Å². The van der Waals surface area contributed by atoms with Crippen molar-refractivity contribution in [2.45, 2.75) is 94.5 Å². The predicted octanol–water partition coefficient (Wildman–Crippen LogP) is -2.55. The number of hydrogen-bond acceptors (Lipinski definition) is 11. The number of aliphatic hydroxyl groups excluding tert-OH is 6. The molecule has 32 heavy (non-hydrogen) atoms. The second kappa shape index (κ2) is 8.35. The van der Waals surface area contributed by atoms with Gasteiger partial charge in [0.05, 0.1) is 32.0 Å². The summed E-state index contributed by atoms with van der Waals surface area (Å²) < 4.78 is 22.4. The van der Waals surface area contributed by atoms with Crippen molar-refractivity contribution in [1.82, 2.24) is 0 Å². The summed E-state index contributed by atoms with van der Waals surface area (Å²) in [6.07, 6.45) is -9.41. The largest absolute Gasteiger partial charge is 0.393 e. The lowest BCUT2D eigenvalue weighted by molar-refractivity contribution is -0.328. The molecule has 11 heteroatoms. The minimum Gasteiger partial charge on any atom is -0.393 e. The Morgan fingerprint density at radius 3 is 2.19 bits per heavy atom. The fourth-order valence-corrected chi connectivity index (χ4v) is 5.85. The zero-order valence-electron chi connectivity index (χ0n) is 18.6. The van der Waals surface area contributed by atoms with Crippen LogP contribution in [0, 0.1) is 16.7 Å². The van der Waals surface area contributed by atoms with Crippen molar-refractivity contribution < 1.29 is 54.7 Å². The normalized spacial score (nSPS) is 54.9. The predicted molar refractivity (Wildman–Crippen MR) is 106 cm³/mol. The third-order valence-electron chi connectivity index (χ3n) is 8.75. The maximum atomic E-state index is 10.7. The van der Waals surface area contributed by atoms with Crippen LogP contribution in [0.4, 0.5) is 0 Å². The Labute approximate surface area is 186 Å². The van der Waals surface area contributed by atoms with E-state index in [1.165, 1.54) is 0 Å². The molecule has 2 saturated heterocycles. The number of aliphatic hydroxyl groups is 7. The molecule has 7 N–H and O–H groups in total. The molecule has 11 nitrogen and oxygen atoms in total. The summed E-state index contributed by atoms with van der Waals surface area (Å²) >= 11 is 0. The lowest BCUT2D eigenvalue weighted by atomic mass is 9.69. The minimum atomic E-state index is -1.86.